The van der Waals surface area contributed by atoms with Crippen molar-refractivity contribution < 1.29 is 24.4 Å². The Labute approximate surface area is 206 Å². The van der Waals surface area contributed by atoms with Crippen molar-refractivity contribution in [3.8, 4) is 0 Å². The average molecular weight is 486 g/mol. The highest BCUT2D eigenvalue weighted by atomic mass is 16.6. The molecule has 0 saturated heterocycles. The van der Waals surface area contributed by atoms with Gasteiger partial charge in [0.05, 0.1) is 33.4 Å². The number of dihydropyridines is 1. The van der Waals surface area contributed by atoms with Gasteiger partial charge in [0, 0.05) is 35.4 Å². The normalized spacial score (nSPS) is 15.5. The Kier molecular flexibility index (Phi) is 6.86. The highest BCUT2D eigenvalue weighted by molar-refractivity contribution is 5.99. The molecule has 1 atom stereocenters. The number of nitro benzene ring substituents is 1. The summed E-state index contributed by atoms with van der Waals surface area (Å²) >= 11 is 0. The molecule has 0 bridgehead atoms. The van der Waals surface area contributed by atoms with Gasteiger partial charge in [-0.2, -0.15) is 0 Å². The van der Waals surface area contributed by atoms with Crippen LogP contribution in [-0.2, 0) is 14.3 Å². The number of carboxylic acid groups (broad SMARTS) is 1. The van der Waals surface area contributed by atoms with E-state index in [1.165, 1.54) is 18.2 Å². The molecule has 36 heavy (non-hydrogen) atoms. The minimum Gasteiger partial charge on any atom is -0.478 e. The summed E-state index contributed by atoms with van der Waals surface area (Å²) in [6, 6.07) is 16.0. The number of hydrogen-bond acceptors (Lipinski definition) is 8. The number of nitro groups is 1. The minimum absolute atomic E-state index is 0.0517. The largest absolute Gasteiger partial charge is 0.478 e. The predicted molar refractivity (Wildman–Crippen MR) is 128 cm³/mol. The van der Waals surface area contributed by atoms with Gasteiger partial charge in [0.25, 0.3) is 5.69 Å². The molecule has 1 aromatic carbocycles. The molecule has 0 aliphatic carbocycles. The number of ether oxygens (including phenoxy) is 1. The van der Waals surface area contributed by atoms with Crippen LogP contribution in [-0.4, -0.2) is 31.9 Å². The molecule has 1 aliphatic heterocycles. The van der Waals surface area contributed by atoms with E-state index in [4.69, 9.17) is 4.74 Å². The maximum atomic E-state index is 13.7. The molecular formula is C26H22N4O6. The maximum Gasteiger partial charge on any atom is 0.337 e. The molecule has 3 heterocycles. The zero-order chi connectivity index (χ0) is 25.8. The Balaban J connectivity index is 1.84. The minimum atomic E-state index is -1.31. The third kappa shape index (κ3) is 4.69. The standard InChI is InChI=1S/C26H22N4O6/c1-15-21(25(31)32)23(17-9-3-4-12-20(17)30(34)35)22(16(2)29-15)26(33)36-24(18-10-5-7-13-27-18)19-11-6-8-14-28-19/h3-14,23-24,29H,1-2H3,(H,31,32). The summed E-state index contributed by atoms with van der Waals surface area (Å²) in [7, 11) is 0. The van der Waals surface area contributed by atoms with Crippen LogP contribution in [0.15, 0.2) is 95.6 Å². The van der Waals surface area contributed by atoms with Crippen LogP contribution in [0, 0.1) is 10.1 Å². The average Bonchev–Trinajstić information content (AvgIpc) is 2.87. The number of carbonyl (C=O) groups is 2. The summed E-state index contributed by atoms with van der Waals surface area (Å²) in [5, 5.41) is 24.8. The first-order chi connectivity index (χ1) is 17.3. The molecular weight excluding hydrogens is 464 g/mol. The molecule has 3 aromatic rings. The predicted octanol–water partition coefficient (Wildman–Crippen LogP) is 4.04. The van der Waals surface area contributed by atoms with Crippen LogP contribution < -0.4 is 5.32 Å². The van der Waals surface area contributed by atoms with E-state index in [1.54, 1.807) is 68.7 Å². The topological polar surface area (TPSA) is 145 Å². The Morgan fingerprint density at radius 1 is 0.944 bits per heavy atom. The number of allylic oxidation sites excluding steroid dienone is 2. The van der Waals surface area contributed by atoms with E-state index in [0.29, 0.717) is 17.1 Å². The van der Waals surface area contributed by atoms with E-state index >= 15 is 0 Å². The third-order valence-electron chi connectivity index (χ3n) is 5.79. The van der Waals surface area contributed by atoms with Gasteiger partial charge in [-0.1, -0.05) is 30.3 Å². The van der Waals surface area contributed by atoms with E-state index in [-0.39, 0.29) is 28.1 Å². The monoisotopic (exact) mass is 486 g/mol. The lowest BCUT2D eigenvalue weighted by atomic mass is 9.79. The molecule has 182 valence electrons. The van der Waals surface area contributed by atoms with Gasteiger partial charge in [0.1, 0.15) is 0 Å². The number of esters is 1. The maximum absolute atomic E-state index is 13.7. The molecule has 2 N–H and O–H groups in total. The first kappa shape index (κ1) is 24.3. The molecule has 1 aliphatic rings. The van der Waals surface area contributed by atoms with Crippen molar-refractivity contribution in [3.05, 3.63) is 123 Å². The molecule has 0 amide bonds. The van der Waals surface area contributed by atoms with Crippen LogP contribution in [0.5, 0.6) is 0 Å². The summed E-state index contributed by atoms with van der Waals surface area (Å²) in [5.41, 5.74) is 0.952. The van der Waals surface area contributed by atoms with Gasteiger partial charge < -0.3 is 15.2 Å². The zero-order valence-corrected chi connectivity index (χ0v) is 19.4. The quantitative estimate of drug-likeness (QED) is 0.287. The van der Waals surface area contributed by atoms with Gasteiger partial charge in [-0.05, 0) is 38.1 Å². The number of nitrogens with zero attached hydrogens (tertiary/aromatic N) is 3. The van der Waals surface area contributed by atoms with E-state index < -0.39 is 28.9 Å². The van der Waals surface area contributed by atoms with E-state index in [9.17, 15) is 24.8 Å². The van der Waals surface area contributed by atoms with E-state index in [0.717, 1.165) is 0 Å². The highest BCUT2D eigenvalue weighted by Gasteiger charge is 2.41. The number of aliphatic carboxylic acids is 1. The van der Waals surface area contributed by atoms with Gasteiger partial charge in [-0.3, -0.25) is 20.1 Å². The summed E-state index contributed by atoms with van der Waals surface area (Å²) in [6.07, 6.45) is 2.11. The molecule has 4 rings (SSSR count). The first-order valence-corrected chi connectivity index (χ1v) is 11.0. The van der Waals surface area contributed by atoms with Gasteiger partial charge in [0.15, 0.2) is 6.10 Å². The van der Waals surface area contributed by atoms with Crippen molar-refractivity contribution in [2.45, 2.75) is 25.9 Å². The number of benzene rings is 1. The molecule has 0 saturated carbocycles. The van der Waals surface area contributed by atoms with Crippen molar-refractivity contribution in [1.29, 1.82) is 0 Å². The SMILES string of the molecule is CC1=C(C(=O)O)C(c2ccccc2[N+](=O)[O-])C(C(=O)OC(c2ccccn2)c2ccccn2)=C(C)N1. The number of para-hydroxylation sites is 1. The number of hydrogen-bond donors (Lipinski definition) is 2. The van der Waals surface area contributed by atoms with Crippen molar-refractivity contribution >= 4 is 17.6 Å². The van der Waals surface area contributed by atoms with Gasteiger partial charge >= 0.3 is 11.9 Å². The second-order valence-electron chi connectivity index (χ2n) is 8.05. The fourth-order valence-corrected chi connectivity index (χ4v) is 4.26. The van der Waals surface area contributed by atoms with Crippen LogP contribution in [0.1, 0.15) is 42.8 Å². The van der Waals surface area contributed by atoms with Crippen LogP contribution in [0.25, 0.3) is 0 Å². The molecule has 10 heteroatoms. The second-order valence-corrected chi connectivity index (χ2v) is 8.05. The van der Waals surface area contributed by atoms with E-state index in [1.807, 2.05) is 0 Å². The number of pyridine rings is 2. The summed E-state index contributed by atoms with van der Waals surface area (Å²) < 4.78 is 5.90. The number of nitrogens with one attached hydrogen (secondary N) is 1. The Hall–Kier alpha value is -4.86. The van der Waals surface area contributed by atoms with Crippen LogP contribution >= 0.6 is 0 Å². The highest BCUT2D eigenvalue weighted by Crippen LogP contribution is 2.42. The Morgan fingerprint density at radius 2 is 1.50 bits per heavy atom. The molecule has 10 nitrogen and oxygen atoms in total. The second kappa shape index (κ2) is 10.2. The lowest BCUT2D eigenvalue weighted by molar-refractivity contribution is -0.385. The van der Waals surface area contributed by atoms with Gasteiger partial charge in [0.2, 0.25) is 0 Å². The van der Waals surface area contributed by atoms with Crippen LogP contribution in [0.4, 0.5) is 5.69 Å². The Bertz CT molecular complexity index is 1350. The smallest absolute Gasteiger partial charge is 0.337 e. The first-order valence-electron chi connectivity index (χ1n) is 11.0. The number of rotatable bonds is 7. The Morgan fingerprint density at radius 3 is 2.03 bits per heavy atom. The van der Waals surface area contributed by atoms with Crippen LogP contribution in [0.3, 0.4) is 0 Å². The van der Waals surface area contributed by atoms with Crippen molar-refractivity contribution in [1.82, 2.24) is 15.3 Å². The summed E-state index contributed by atoms with van der Waals surface area (Å²) in [5.74, 6) is -3.41. The number of carboxylic acids is 1. The molecule has 0 radical (unpaired) electrons. The van der Waals surface area contributed by atoms with Gasteiger partial charge in [-0.15, -0.1) is 0 Å². The number of carbonyl (C=O) groups excluding carboxylic acids is 1. The zero-order valence-electron chi connectivity index (χ0n) is 19.4. The fraction of sp³-hybridized carbons (Fsp3) is 0.154. The summed E-state index contributed by atoms with van der Waals surface area (Å²) in [4.78, 5) is 45.9. The fourth-order valence-electron chi connectivity index (χ4n) is 4.26. The van der Waals surface area contributed by atoms with Gasteiger partial charge in [-0.25, -0.2) is 9.59 Å². The van der Waals surface area contributed by atoms with Crippen molar-refractivity contribution in [2.24, 2.45) is 0 Å². The summed E-state index contributed by atoms with van der Waals surface area (Å²) in [6.45, 7) is 3.14. The molecule has 1 unspecified atom stereocenters. The van der Waals surface area contributed by atoms with Crippen molar-refractivity contribution in [3.63, 3.8) is 0 Å². The van der Waals surface area contributed by atoms with E-state index in [2.05, 4.69) is 15.3 Å². The molecule has 0 fully saturated rings. The van der Waals surface area contributed by atoms with Crippen molar-refractivity contribution in [2.75, 3.05) is 0 Å². The third-order valence-corrected chi connectivity index (χ3v) is 5.79. The number of aromatic nitrogens is 2. The lowest BCUT2D eigenvalue weighted by Gasteiger charge is -2.30. The molecule has 0 spiro atoms. The van der Waals surface area contributed by atoms with Crippen LogP contribution in [0.2, 0.25) is 0 Å². The molecule has 2 aromatic heterocycles. The lowest BCUT2D eigenvalue weighted by Crippen LogP contribution is -2.32.